The Labute approximate surface area is 117 Å². The number of anilines is 2. The maximum Gasteiger partial charge on any atom is 0.0983 e. The summed E-state index contributed by atoms with van der Waals surface area (Å²) in [7, 11) is 2.14. The lowest BCUT2D eigenvalue weighted by Crippen LogP contribution is -2.21. The SMILES string of the molecule is CN1c2ccccc2SC1C=Cc1ccc(N)cc1. The van der Waals surface area contributed by atoms with Crippen molar-refractivity contribution in [1.29, 1.82) is 0 Å². The Bertz CT molecular complexity index is 604. The van der Waals surface area contributed by atoms with Crippen LogP contribution in [0.3, 0.4) is 0 Å². The van der Waals surface area contributed by atoms with Gasteiger partial charge in [-0.3, -0.25) is 0 Å². The number of hydrogen-bond donors (Lipinski definition) is 1. The molecule has 2 aromatic rings. The summed E-state index contributed by atoms with van der Waals surface area (Å²) in [6, 6.07) is 16.5. The Morgan fingerprint density at radius 3 is 2.58 bits per heavy atom. The number of para-hydroxylation sites is 1. The van der Waals surface area contributed by atoms with Crippen molar-refractivity contribution in [2.75, 3.05) is 17.7 Å². The highest BCUT2D eigenvalue weighted by atomic mass is 32.2. The van der Waals surface area contributed by atoms with E-state index in [1.54, 1.807) is 0 Å². The molecule has 0 bridgehead atoms. The zero-order chi connectivity index (χ0) is 13.2. The van der Waals surface area contributed by atoms with Gasteiger partial charge in [0.2, 0.25) is 0 Å². The number of nitrogens with two attached hydrogens (primary N) is 1. The normalized spacial score (nSPS) is 17.9. The van der Waals surface area contributed by atoms with Crippen LogP contribution in [0.1, 0.15) is 5.56 Å². The second-order valence-electron chi connectivity index (χ2n) is 4.61. The van der Waals surface area contributed by atoms with Crippen LogP contribution >= 0.6 is 11.8 Å². The highest BCUT2D eigenvalue weighted by Gasteiger charge is 2.24. The largest absolute Gasteiger partial charge is 0.399 e. The summed E-state index contributed by atoms with van der Waals surface area (Å²) in [4.78, 5) is 3.64. The van der Waals surface area contributed by atoms with E-state index in [9.17, 15) is 0 Å². The van der Waals surface area contributed by atoms with Crippen molar-refractivity contribution in [1.82, 2.24) is 0 Å². The molecule has 2 N–H and O–H groups in total. The molecule has 2 nitrogen and oxygen atoms in total. The first-order valence-electron chi connectivity index (χ1n) is 6.26. The Morgan fingerprint density at radius 2 is 1.84 bits per heavy atom. The number of nitrogens with zero attached hydrogens (tertiary/aromatic N) is 1. The average Bonchev–Trinajstić information content (AvgIpc) is 2.76. The molecule has 19 heavy (non-hydrogen) atoms. The van der Waals surface area contributed by atoms with E-state index in [1.807, 2.05) is 36.0 Å². The second-order valence-corrected chi connectivity index (χ2v) is 5.77. The van der Waals surface area contributed by atoms with Crippen LogP contribution in [-0.4, -0.2) is 12.4 Å². The number of nitrogen functional groups attached to an aromatic ring is 1. The minimum atomic E-state index is 0.356. The summed E-state index contributed by atoms with van der Waals surface area (Å²) in [6.45, 7) is 0. The van der Waals surface area contributed by atoms with Gasteiger partial charge < -0.3 is 10.6 Å². The molecule has 0 saturated carbocycles. The van der Waals surface area contributed by atoms with Crippen molar-refractivity contribution in [3.8, 4) is 0 Å². The van der Waals surface area contributed by atoms with Gasteiger partial charge >= 0.3 is 0 Å². The molecular weight excluding hydrogens is 252 g/mol. The van der Waals surface area contributed by atoms with E-state index in [0.717, 1.165) is 5.69 Å². The van der Waals surface area contributed by atoms with Gasteiger partial charge in [-0.1, -0.05) is 48.2 Å². The summed E-state index contributed by atoms with van der Waals surface area (Å²) < 4.78 is 0. The minimum absolute atomic E-state index is 0.356. The first-order valence-corrected chi connectivity index (χ1v) is 7.14. The molecule has 3 heteroatoms. The standard InChI is InChI=1S/C16H16N2S/c1-18-14-4-2-3-5-15(14)19-16(18)11-8-12-6-9-13(17)10-7-12/h2-11,16H,17H2,1H3. The van der Waals surface area contributed by atoms with E-state index >= 15 is 0 Å². The van der Waals surface area contributed by atoms with E-state index in [4.69, 9.17) is 5.73 Å². The molecule has 1 atom stereocenters. The molecule has 0 amide bonds. The lowest BCUT2D eigenvalue weighted by molar-refractivity contribution is 0.993. The first-order chi connectivity index (χ1) is 9.24. The summed E-state index contributed by atoms with van der Waals surface area (Å²) in [6.07, 6.45) is 4.38. The van der Waals surface area contributed by atoms with Crippen LogP contribution in [0.15, 0.2) is 59.5 Å². The number of thioether (sulfide) groups is 1. The van der Waals surface area contributed by atoms with Crippen molar-refractivity contribution in [3.05, 3.63) is 60.2 Å². The zero-order valence-electron chi connectivity index (χ0n) is 10.8. The van der Waals surface area contributed by atoms with E-state index in [1.165, 1.54) is 16.1 Å². The van der Waals surface area contributed by atoms with Gasteiger partial charge in [0.1, 0.15) is 0 Å². The third-order valence-electron chi connectivity index (χ3n) is 3.26. The summed E-state index contributed by atoms with van der Waals surface area (Å²) in [5.74, 6) is 0. The van der Waals surface area contributed by atoms with Crippen molar-refractivity contribution in [2.24, 2.45) is 0 Å². The number of hydrogen-bond acceptors (Lipinski definition) is 3. The molecule has 1 aliphatic heterocycles. The van der Waals surface area contributed by atoms with Gasteiger partial charge in [-0.05, 0) is 29.8 Å². The summed E-state index contributed by atoms with van der Waals surface area (Å²) >= 11 is 1.88. The van der Waals surface area contributed by atoms with Gasteiger partial charge in [0.25, 0.3) is 0 Å². The Kier molecular flexibility index (Phi) is 3.22. The Balaban J connectivity index is 1.77. The lowest BCUT2D eigenvalue weighted by atomic mass is 10.2. The maximum atomic E-state index is 5.69. The van der Waals surface area contributed by atoms with E-state index in [0.29, 0.717) is 5.37 Å². The number of likely N-dealkylation sites (N-methyl/N-ethyl adjacent to an activating group) is 1. The number of benzene rings is 2. The van der Waals surface area contributed by atoms with Crippen LogP contribution in [0, 0.1) is 0 Å². The first kappa shape index (κ1) is 12.2. The van der Waals surface area contributed by atoms with Crippen molar-refractivity contribution in [3.63, 3.8) is 0 Å². The van der Waals surface area contributed by atoms with Gasteiger partial charge in [0.05, 0.1) is 11.1 Å². The third-order valence-corrected chi connectivity index (χ3v) is 4.58. The van der Waals surface area contributed by atoms with Crippen LogP contribution in [0.25, 0.3) is 6.08 Å². The van der Waals surface area contributed by atoms with E-state index < -0.39 is 0 Å². The van der Waals surface area contributed by atoms with Crippen LogP contribution in [-0.2, 0) is 0 Å². The highest BCUT2D eigenvalue weighted by Crippen LogP contribution is 2.42. The molecule has 1 heterocycles. The number of rotatable bonds is 2. The predicted molar refractivity (Wildman–Crippen MR) is 84.4 cm³/mol. The van der Waals surface area contributed by atoms with Gasteiger partial charge in [0, 0.05) is 17.6 Å². The fraction of sp³-hybridized carbons (Fsp3) is 0.125. The molecule has 0 radical (unpaired) electrons. The monoisotopic (exact) mass is 268 g/mol. The lowest BCUT2D eigenvalue weighted by Gasteiger charge is -2.18. The maximum absolute atomic E-state index is 5.69. The fourth-order valence-corrected chi connectivity index (χ4v) is 3.34. The minimum Gasteiger partial charge on any atom is -0.399 e. The predicted octanol–water partition coefficient (Wildman–Crippen LogP) is 3.85. The Hall–Kier alpha value is -1.87. The quantitative estimate of drug-likeness (QED) is 0.839. The van der Waals surface area contributed by atoms with Crippen LogP contribution in [0.2, 0.25) is 0 Å². The van der Waals surface area contributed by atoms with E-state index in [2.05, 4.69) is 48.4 Å². The zero-order valence-corrected chi connectivity index (χ0v) is 11.6. The second kappa shape index (κ2) is 5.02. The molecule has 3 rings (SSSR count). The smallest absolute Gasteiger partial charge is 0.0983 e. The molecule has 96 valence electrons. The molecule has 1 aliphatic rings. The van der Waals surface area contributed by atoms with Crippen LogP contribution in [0.5, 0.6) is 0 Å². The van der Waals surface area contributed by atoms with Crippen LogP contribution in [0.4, 0.5) is 11.4 Å². The molecule has 0 fully saturated rings. The topological polar surface area (TPSA) is 29.3 Å². The molecule has 0 aromatic heterocycles. The van der Waals surface area contributed by atoms with Crippen LogP contribution < -0.4 is 10.6 Å². The van der Waals surface area contributed by atoms with Crippen molar-refractivity contribution >= 4 is 29.2 Å². The van der Waals surface area contributed by atoms with Gasteiger partial charge in [-0.25, -0.2) is 0 Å². The summed E-state index contributed by atoms with van der Waals surface area (Å²) in [5, 5.41) is 0.356. The van der Waals surface area contributed by atoms with Crippen molar-refractivity contribution < 1.29 is 0 Å². The van der Waals surface area contributed by atoms with Gasteiger partial charge in [-0.2, -0.15) is 0 Å². The average molecular weight is 268 g/mol. The third kappa shape index (κ3) is 2.47. The molecule has 0 aliphatic carbocycles. The molecule has 2 aromatic carbocycles. The van der Waals surface area contributed by atoms with E-state index in [-0.39, 0.29) is 0 Å². The van der Waals surface area contributed by atoms with Crippen molar-refractivity contribution in [2.45, 2.75) is 10.3 Å². The molecule has 1 unspecified atom stereocenters. The number of fused-ring (bicyclic) bond motifs is 1. The molecule has 0 spiro atoms. The van der Waals surface area contributed by atoms with Gasteiger partial charge in [-0.15, -0.1) is 0 Å². The summed E-state index contributed by atoms with van der Waals surface area (Å²) in [5.41, 5.74) is 8.98. The van der Waals surface area contributed by atoms with Gasteiger partial charge in [0.15, 0.2) is 0 Å². The molecule has 0 saturated heterocycles. The Morgan fingerprint density at radius 1 is 1.11 bits per heavy atom. The molecular formula is C16H16N2S. The highest BCUT2D eigenvalue weighted by molar-refractivity contribution is 8.00. The fourth-order valence-electron chi connectivity index (χ4n) is 2.16.